The lowest BCUT2D eigenvalue weighted by Gasteiger charge is -2.03. The third-order valence-electron chi connectivity index (χ3n) is 2.79. The van der Waals surface area contributed by atoms with E-state index in [0.29, 0.717) is 5.13 Å². The molecule has 0 fully saturated rings. The Bertz CT molecular complexity index is 773. The number of thiazole rings is 1. The zero-order valence-corrected chi connectivity index (χ0v) is 11.3. The number of anilines is 2. The van der Waals surface area contributed by atoms with Crippen molar-refractivity contribution in [2.24, 2.45) is 0 Å². The average molecular weight is 292 g/mol. The number of ether oxygens (including phenoxy) is 1. The Morgan fingerprint density at radius 3 is 2.85 bits per heavy atom. The van der Waals surface area contributed by atoms with Crippen LogP contribution in [0.15, 0.2) is 36.4 Å². The summed E-state index contributed by atoms with van der Waals surface area (Å²) in [5.74, 6) is -1.08. The van der Waals surface area contributed by atoms with Crippen molar-refractivity contribution >= 4 is 32.4 Å². The summed E-state index contributed by atoms with van der Waals surface area (Å²) in [6.07, 6.45) is 0. The van der Waals surface area contributed by atoms with Crippen LogP contribution >= 0.6 is 11.3 Å². The lowest BCUT2D eigenvalue weighted by molar-refractivity contribution is 0.415. The maximum Gasteiger partial charge on any atom is 0.188 e. The standard InChI is InChI=1S/C14H10F2N2OS/c1-19-8-5-6-10-12(7-8)20-14(17-10)18-11-4-2-3-9(15)13(11)16/h2-7H,1H3,(H,17,18). The van der Waals surface area contributed by atoms with Crippen molar-refractivity contribution < 1.29 is 13.5 Å². The highest BCUT2D eigenvalue weighted by Gasteiger charge is 2.10. The zero-order valence-electron chi connectivity index (χ0n) is 10.5. The van der Waals surface area contributed by atoms with Gasteiger partial charge in [-0.05, 0) is 30.3 Å². The predicted molar refractivity (Wildman–Crippen MR) is 75.8 cm³/mol. The van der Waals surface area contributed by atoms with E-state index < -0.39 is 11.6 Å². The summed E-state index contributed by atoms with van der Waals surface area (Å²) in [5, 5.41) is 3.29. The van der Waals surface area contributed by atoms with Gasteiger partial charge in [-0.25, -0.2) is 13.8 Å². The Hall–Kier alpha value is -2.21. The molecule has 1 aromatic heterocycles. The molecule has 3 rings (SSSR count). The van der Waals surface area contributed by atoms with Crippen LogP contribution in [0.1, 0.15) is 0 Å². The van der Waals surface area contributed by atoms with Crippen LogP contribution in [0.25, 0.3) is 10.2 Å². The molecule has 0 aliphatic carbocycles. The van der Waals surface area contributed by atoms with Gasteiger partial charge >= 0.3 is 0 Å². The van der Waals surface area contributed by atoms with Crippen molar-refractivity contribution in [2.45, 2.75) is 0 Å². The normalized spacial score (nSPS) is 10.8. The van der Waals surface area contributed by atoms with Crippen molar-refractivity contribution in [3.05, 3.63) is 48.0 Å². The van der Waals surface area contributed by atoms with Crippen LogP contribution in [-0.2, 0) is 0 Å². The number of aromatic nitrogens is 1. The third-order valence-corrected chi connectivity index (χ3v) is 3.72. The summed E-state index contributed by atoms with van der Waals surface area (Å²) in [4.78, 5) is 4.32. The molecule has 0 aliphatic rings. The molecular formula is C14H10F2N2OS. The molecule has 0 saturated heterocycles. The molecule has 0 spiro atoms. The van der Waals surface area contributed by atoms with Gasteiger partial charge < -0.3 is 10.1 Å². The van der Waals surface area contributed by atoms with Crippen LogP contribution in [-0.4, -0.2) is 12.1 Å². The maximum atomic E-state index is 13.6. The molecule has 0 bridgehead atoms. The van der Waals surface area contributed by atoms with E-state index in [9.17, 15) is 8.78 Å². The maximum absolute atomic E-state index is 13.6. The van der Waals surface area contributed by atoms with Gasteiger partial charge in [-0.15, -0.1) is 0 Å². The first-order valence-corrected chi connectivity index (χ1v) is 6.64. The number of halogens is 2. The number of nitrogens with zero attached hydrogens (tertiary/aromatic N) is 1. The van der Waals surface area contributed by atoms with E-state index in [-0.39, 0.29) is 5.69 Å². The van der Waals surface area contributed by atoms with E-state index in [0.717, 1.165) is 22.0 Å². The lowest BCUT2D eigenvalue weighted by atomic mass is 10.3. The highest BCUT2D eigenvalue weighted by molar-refractivity contribution is 7.22. The second kappa shape index (κ2) is 5.05. The van der Waals surface area contributed by atoms with Crippen molar-refractivity contribution in [1.82, 2.24) is 4.98 Å². The largest absolute Gasteiger partial charge is 0.497 e. The highest BCUT2D eigenvalue weighted by atomic mass is 32.1. The van der Waals surface area contributed by atoms with Gasteiger partial charge in [-0.2, -0.15) is 0 Å². The van der Waals surface area contributed by atoms with E-state index in [2.05, 4.69) is 10.3 Å². The number of hydrogen-bond acceptors (Lipinski definition) is 4. The summed E-state index contributed by atoms with van der Waals surface area (Å²) >= 11 is 1.34. The fourth-order valence-electron chi connectivity index (χ4n) is 1.80. The smallest absolute Gasteiger partial charge is 0.188 e. The summed E-state index contributed by atoms with van der Waals surface area (Å²) in [5.41, 5.74) is 0.839. The lowest BCUT2D eigenvalue weighted by Crippen LogP contribution is -1.95. The van der Waals surface area contributed by atoms with E-state index in [1.165, 1.54) is 23.5 Å². The Morgan fingerprint density at radius 1 is 1.20 bits per heavy atom. The van der Waals surface area contributed by atoms with Crippen LogP contribution in [0.2, 0.25) is 0 Å². The molecule has 0 unspecified atom stereocenters. The Kier molecular flexibility index (Phi) is 3.23. The van der Waals surface area contributed by atoms with Gasteiger partial charge in [-0.1, -0.05) is 17.4 Å². The second-order valence-corrected chi connectivity index (χ2v) is 5.11. The van der Waals surface area contributed by atoms with E-state index in [4.69, 9.17) is 4.74 Å². The van der Waals surface area contributed by atoms with E-state index in [1.54, 1.807) is 13.2 Å². The fourth-order valence-corrected chi connectivity index (χ4v) is 2.71. The Balaban J connectivity index is 1.96. The van der Waals surface area contributed by atoms with Crippen molar-refractivity contribution in [3.63, 3.8) is 0 Å². The van der Waals surface area contributed by atoms with E-state index >= 15 is 0 Å². The van der Waals surface area contributed by atoms with E-state index in [1.807, 2.05) is 12.1 Å². The first-order chi connectivity index (χ1) is 9.67. The van der Waals surface area contributed by atoms with Gasteiger partial charge in [0.15, 0.2) is 16.8 Å². The molecule has 102 valence electrons. The quantitative estimate of drug-likeness (QED) is 0.780. The van der Waals surface area contributed by atoms with Gasteiger partial charge in [0, 0.05) is 0 Å². The number of fused-ring (bicyclic) bond motifs is 1. The molecular weight excluding hydrogens is 282 g/mol. The summed E-state index contributed by atoms with van der Waals surface area (Å²) < 4.78 is 32.8. The molecule has 0 saturated carbocycles. The first-order valence-electron chi connectivity index (χ1n) is 5.83. The molecule has 0 radical (unpaired) electrons. The van der Waals surface area contributed by atoms with Gasteiger partial charge in [0.2, 0.25) is 0 Å². The summed E-state index contributed by atoms with van der Waals surface area (Å²) in [6, 6.07) is 9.44. The van der Waals surface area contributed by atoms with Gasteiger partial charge in [0.05, 0.1) is 23.0 Å². The molecule has 0 atom stereocenters. The third kappa shape index (κ3) is 2.30. The molecule has 3 nitrogen and oxygen atoms in total. The van der Waals surface area contributed by atoms with Crippen molar-refractivity contribution in [2.75, 3.05) is 12.4 Å². The number of hydrogen-bond donors (Lipinski definition) is 1. The Morgan fingerprint density at radius 2 is 2.05 bits per heavy atom. The number of rotatable bonds is 3. The highest BCUT2D eigenvalue weighted by Crippen LogP contribution is 2.31. The second-order valence-electron chi connectivity index (χ2n) is 4.08. The Labute approximate surface area is 117 Å². The molecule has 6 heteroatoms. The molecule has 0 amide bonds. The van der Waals surface area contributed by atoms with Crippen LogP contribution < -0.4 is 10.1 Å². The SMILES string of the molecule is COc1ccc2nc(Nc3cccc(F)c3F)sc2c1. The minimum absolute atomic E-state index is 0.0658. The average Bonchev–Trinajstić information content (AvgIpc) is 2.85. The molecule has 1 N–H and O–H groups in total. The van der Waals surface area contributed by atoms with Crippen molar-refractivity contribution in [3.8, 4) is 5.75 Å². The van der Waals surface area contributed by atoms with Gasteiger partial charge in [0.1, 0.15) is 5.75 Å². The molecule has 0 aliphatic heterocycles. The number of nitrogens with one attached hydrogen (secondary N) is 1. The van der Waals surface area contributed by atoms with Crippen LogP contribution in [0, 0.1) is 11.6 Å². The number of benzene rings is 2. The molecule has 3 aromatic rings. The van der Waals surface area contributed by atoms with Crippen LogP contribution in [0.3, 0.4) is 0 Å². The monoisotopic (exact) mass is 292 g/mol. The van der Waals surface area contributed by atoms with Crippen LogP contribution in [0.5, 0.6) is 5.75 Å². The predicted octanol–water partition coefficient (Wildman–Crippen LogP) is 4.33. The minimum Gasteiger partial charge on any atom is -0.497 e. The van der Waals surface area contributed by atoms with Gasteiger partial charge in [0.25, 0.3) is 0 Å². The number of methoxy groups -OCH3 is 1. The minimum atomic E-state index is -0.913. The van der Waals surface area contributed by atoms with Crippen LogP contribution in [0.4, 0.5) is 19.6 Å². The molecule has 20 heavy (non-hydrogen) atoms. The zero-order chi connectivity index (χ0) is 14.1. The first kappa shape index (κ1) is 12.8. The summed E-state index contributed by atoms with van der Waals surface area (Å²) in [6.45, 7) is 0. The molecule has 2 aromatic carbocycles. The fraction of sp³-hybridized carbons (Fsp3) is 0.0714. The van der Waals surface area contributed by atoms with Crippen molar-refractivity contribution in [1.29, 1.82) is 0 Å². The molecule has 1 heterocycles. The summed E-state index contributed by atoms with van der Waals surface area (Å²) in [7, 11) is 1.59. The van der Waals surface area contributed by atoms with Gasteiger partial charge in [-0.3, -0.25) is 0 Å². The topological polar surface area (TPSA) is 34.1 Å².